The lowest BCUT2D eigenvalue weighted by Crippen LogP contribution is -2.50. The van der Waals surface area contributed by atoms with Crippen molar-refractivity contribution in [3.8, 4) is 16.9 Å². The molecule has 2 aliphatic rings. The van der Waals surface area contributed by atoms with Crippen LogP contribution < -0.4 is 16.0 Å². The third-order valence-electron chi connectivity index (χ3n) is 8.88. The predicted molar refractivity (Wildman–Crippen MR) is 168 cm³/mol. The van der Waals surface area contributed by atoms with Gasteiger partial charge in [-0.2, -0.15) is 0 Å². The lowest BCUT2D eigenvalue weighted by Gasteiger charge is -2.38. The standard InChI is InChI=1S/C33H38ClFN4O6/c1-4-23(20-44-2)39-32(42)27(26-6-5-7-28(35)31(26)34)18-37(33(39)43)19-30(41)36-13-11-24(12-14-36)38-15-10-22-16-25(45-3)9-8-21(22)17-29(38)40/h5-9,16,18,23-24H,4,10-15,17,19-20H2,1-3H3. The molecule has 10 nitrogen and oxygen atoms in total. The van der Waals surface area contributed by atoms with Gasteiger partial charge >= 0.3 is 5.69 Å². The summed E-state index contributed by atoms with van der Waals surface area (Å²) in [5.74, 6) is -0.153. The van der Waals surface area contributed by atoms with Crippen molar-refractivity contribution in [1.29, 1.82) is 0 Å². The number of piperidine rings is 1. The number of aromatic nitrogens is 2. The van der Waals surface area contributed by atoms with Crippen LogP contribution in [0.15, 0.2) is 52.2 Å². The number of likely N-dealkylation sites (tertiary alicyclic amines) is 1. The van der Waals surface area contributed by atoms with Crippen LogP contribution in [0.2, 0.25) is 5.02 Å². The molecule has 2 amide bonds. The molecule has 0 saturated carbocycles. The summed E-state index contributed by atoms with van der Waals surface area (Å²) in [6, 6.07) is 9.34. The van der Waals surface area contributed by atoms with E-state index < -0.39 is 23.1 Å². The summed E-state index contributed by atoms with van der Waals surface area (Å²) in [5, 5.41) is -0.246. The van der Waals surface area contributed by atoms with Gasteiger partial charge in [0.15, 0.2) is 0 Å². The summed E-state index contributed by atoms with van der Waals surface area (Å²) in [6.45, 7) is 3.05. The molecular formula is C33H38ClFN4O6. The number of carbonyl (C=O) groups is 2. The van der Waals surface area contributed by atoms with E-state index in [1.165, 1.54) is 36.1 Å². The first-order chi connectivity index (χ1) is 21.7. The van der Waals surface area contributed by atoms with Crippen LogP contribution >= 0.6 is 11.6 Å². The van der Waals surface area contributed by atoms with Crippen LogP contribution in [0.1, 0.15) is 43.4 Å². The first-order valence-electron chi connectivity index (χ1n) is 15.2. The first-order valence-corrected chi connectivity index (χ1v) is 15.6. The first kappa shape index (κ1) is 32.4. The fourth-order valence-electron chi connectivity index (χ4n) is 6.34. The third-order valence-corrected chi connectivity index (χ3v) is 9.27. The quantitative estimate of drug-likeness (QED) is 0.354. The molecule has 1 fully saturated rings. The number of amides is 2. The zero-order chi connectivity index (χ0) is 32.2. The average Bonchev–Trinajstić information content (AvgIpc) is 3.20. The van der Waals surface area contributed by atoms with E-state index in [1.807, 2.05) is 30.0 Å². The third kappa shape index (κ3) is 6.69. The van der Waals surface area contributed by atoms with Crippen molar-refractivity contribution < 1.29 is 23.5 Å². The average molecular weight is 641 g/mol. The number of hydrogen-bond acceptors (Lipinski definition) is 6. The number of methoxy groups -OCH3 is 2. The van der Waals surface area contributed by atoms with Crippen LogP contribution in [0.25, 0.3) is 11.1 Å². The topological polar surface area (TPSA) is 103 Å². The van der Waals surface area contributed by atoms with E-state index in [0.717, 1.165) is 27.9 Å². The Hall–Kier alpha value is -3.96. The molecule has 45 heavy (non-hydrogen) atoms. The van der Waals surface area contributed by atoms with Gasteiger partial charge in [-0.25, -0.2) is 9.18 Å². The molecule has 12 heteroatoms. The van der Waals surface area contributed by atoms with Gasteiger partial charge in [0, 0.05) is 44.5 Å². The van der Waals surface area contributed by atoms with E-state index in [2.05, 4.69) is 0 Å². The number of nitrogens with zero attached hydrogens (tertiary/aromatic N) is 4. The number of rotatable bonds is 9. The van der Waals surface area contributed by atoms with E-state index in [1.54, 1.807) is 12.0 Å². The van der Waals surface area contributed by atoms with Crippen LogP contribution in [0.3, 0.4) is 0 Å². The minimum Gasteiger partial charge on any atom is -0.497 e. The zero-order valence-corrected chi connectivity index (χ0v) is 26.5. The number of carbonyl (C=O) groups excluding carboxylic acids is 2. The molecular weight excluding hydrogens is 603 g/mol. The fourth-order valence-corrected chi connectivity index (χ4v) is 6.57. The molecule has 2 aliphatic heterocycles. The molecule has 3 heterocycles. The fraction of sp³-hybridized carbons (Fsp3) is 0.455. The van der Waals surface area contributed by atoms with Crippen LogP contribution in [-0.2, 0) is 33.7 Å². The van der Waals surface area contributed by atoms with E-state index >= 15 is 0 Å². The van der Waals surface area contributed by atoms with E-state index in [-0.39, 0.29) is 47.2 Å². The van der Waals surface area contributed by atoms with Gasteiger partial charge in [0.05, 0.1) is 36.8 Å². The van der Waals surface area contributed by atoms with Gasteiger partial charge in [0.1, 0.15) is 18.1 Å². The lowest BCUT2D eigenvalue weighted by molar-refractivity contribution is -0.136. The SMILES string of the molecule is CCC(COC)n1c(=O)c(-c2cccc(F)c2Cl)cn(CC(=O)N2CCC(N3CCc4cc(OC)ccc4CC3=O)CC2)c1=O. The van der Waals surface area contributed by atoms with Crippen LogP contribution in [0, 0.1) is 5.82 Å². The van der Waals surface area contributed by atoms with Crippen molar-refractivity contribution in [2.24, 2.45) is 0 Å². The number of halogens is 2. The molecule has 2 aromatic carbocycles. The largest absolute Gasteiger partial charge is 0.497 e. The normalized spacial score (nSPS) is 16.3. The van der Waals surface area contributed by atoms with Gasteiger partial charge in [-0.3, -0.25) is 23.5 Å². The second kappa shape index (κ2) is 14.0. The highest BCUT2D eigenvalue weighted by Gasteiger charge is 2.32. The summed E-state index contributed by atoms with van der Waals surface area (Å²) in [4.78, 5) is 57.6. The molecule has 0 N–H and O–H groups in total. The molecule has 0 bridgehead atoms. The van der Waals surface area contributed by atoms with E-state index in [4.69, 9.17) is 21.1 Å². The van der Waals surface area contributed by atoms with Crippen molar-refractivity contribution in [3.05, 3.63) is 85.4 Å². The Morgan fingerprint density at radius 1 is 1.04 bits per heavy atom. The molecule has 1 unspecified atom stereocenters. The number of benzene rings is 2. The van der Waals surface area contributed by atoms with Crippen molar-refractivity contribution in [2.75, 3.05) is 40.5 Å². The Labute approximate surface area is 265 Å². The van der Waals surface area contributed by atoms with E-state index in [0.29, 0.717) is 45.3 Å². The minimum atomic E-state index is -0.702. The predicted octanol–water partition coefficient (Wildman–Crippen LogP) is 3.69. The molecule has 1 aromatic heterocycles. The summed E-state index contributed by atoms with van der Waals surface area (Å²) in [6.07, 6.45) is 3.99. The van der Waals surface area contributed by atoms with Crippen molar-refractivity contribution in [2.45, 2.75) is 57.7 Å². The summed E-state index contributed by atoms with van der Waals surface area (Å²) in [5.41, 5.74) is 0.973. The van der Waals surface area contributed by atoms with E-state index in [9.17, 15) is 23.6 Å². The summed E-state index contributed by atoms with van der Waals surface area (Å²) in [7, 11) is 3.10. The zero-order valence-electron chi connectivity index (χ0n) is 25.8. The smallest absolute Gasteiger partial charge is 0.331 e. The van der Waals surface area contributed by atoms with Gasteiger partial charge in [-0.1, -0.05) is 36.7 Å². The molecule has 1 atom stereocenters. The maximum atomic E-state index is 14.4. The highest BCUT2D eigenvalue weighted by atomic mass is 35.5. The van der Waals surface area contributed by atoms with Gasteiger partial charge < -0.3 is 19.3 Å². The second-order valence-corrected chi connectivity index (χ2v) is 11.9. The molecule has 0 spiro atoms. The molecule has 0 aliphatic carbocycles. The number of hydrogen-bond donors (Lipinski definition) is 0. The van der Waals surface area contributed by atoms with Gasteiger partial charge in [-0.05, 0) is 55.0 Å². The lowest BCUT2D eigenvalue weighted by atomic mass is 10.0. The highest BCUT2D eigenvalue weighted by Crippen LogP contribution is 2.29. The molecule has 3 aromatic rings. The van der Waals surface area contributed by atoms with Gasteiger partial charge in [0.25, 0.3) is 5.56 Å². The van der Waals surface area contributed by atoms with Crippen LogP contribution in [0.4, 0.5) is 4.39 Å². The monoisotopic (exact) mass is 640 g/mol. The maximum absolute atomic E-state index is 14.4. The Kier molecular flexibility index (Phi) is 10.1. The van der Waals surface area contributed by atoms with Crippen molar-refractivity contribution in [3.63, 3.8) is 0 Å². The van der Waals surface area contributed by atoms with Crippen molar-refractivity contribution >= 4 is 23.4 Å². The van der Waals surface area contributed by atoms with Gasteiger partial charge in [-0.15, -0.1) is 0 Å². The Morgan fingerprint density at radius 2 is 1.80 bits per heavy atom. The second-order valence-electron chi connectivity index (χ2n) is 11.5. The number of ether oxygens (including phenoxy) is 2. The molecule has 1 saturated heterocycles. The van der Waals surface area contributed by atoms with Crippen LogP contribution in [-0.4, -0.2) is 77.3 Å². The highest BCUT2D eigenvalue weighted by molar-refractivity contribution is 6.33. The van der Waals surface area contributed by atoms with Gasteiger partial charge in [0.2, 0.25) is 11.8 Å². The Balaban J connectivity index is 1.34. The summed E-state index contributed by atoms with van der Waals surface area (Å²) >= 11 is 6.24. The minimum absolute atomic E-state index is 0.00321. The molecule has 240 valence electrons. The summed E-state index contributed by atoms with van der Waals surface area (Å²) < 4.78 is 27.2. The maximum Gasteiger partial charge on any atom is 0.331 e. The Morgan fingerprint density at radius 3 is 2.49 bits per heavy atom. The van der Waals surface area contributed by atoms with Crippen molar-refractivity contribution in [1.82, 2.24) is 18.9 Å². The molecule has 5 rings (SSSR count). The Bertz CT molecular complexity index is 1700. The number of fused-ring (bicyclic) bond motifs is 1. The molecule has 0 radical (unpaired) electrons. The van der Waals surface area contributed by atoms with Crippen LogP contribution in [0.5, 0.6) is 5.75 Å².